The van der Waals surface area contributed by atoms with Crippen molar-refractivity contribution in [3.05, 3.63) is 34.3 Å². The lowest BCUT2D eigenvalue weighted by molar-refractivity contribution is -0.0797. The van der Waals surface area contributed by atoms with Gasteiger partial charge < -0.3 is 9.47 Å². The Kier molecular flexibility index (Phi) is 5.06. The predicted molar refractivity (Wildman–Crippen MR) is 89.9 cm³/mol. The summed E-state index contributed by atoms with van der Waals surface area (Å²) in [4.78, 5) is 13.9. The van der Waals surface area contributed by atoms with Crippen molar-refractivity contribution in [3.8, 4) is 0 Å². The molecular weight excluding hydrogens is 365 g/mol. The van der Waals surface area contributed by atoms with Crippen LogP contribution < -0.4 is 0 Å². The molecule has 1 aliphatic rings. The van der Waals surface area contributed by atoms with Gasteiger partial charge in [0.15, 0.2) is 0 Å². The fourth-order valence-corrected chi connectivity index (χ4v) is 3.00. The molecule has 1 fully saturated rings. The Bertz CT molecular complexity index is 568. The molecule has 0 N–H and O–H groups in total. The van der Waals surface area contributed by atoms with Crippen molar-refractivity contribution in [1.29, 1.82) is 0 Å². The van der Waals surface area contributed by atoms with E-state index in [1.54, 1.807) is 34.6 Å². The molecule has 0 radical (unpaired) electrons. The van der Waals surface area contributed by atoms with E-state index in [-0.39, 0.29) is 0 Å². The molecule has 4 nitrogen and oxygen atoms in total. The summed E-state index contributed by atoms with van der Waals surface area (Å²) in [6.07, 6.45) is -1.10. The molecule has 6 heteroatoms. The maximum Gasteiger partial charge on any atom is 0.413 e. The quantitative estimate of drug-likeness (QED) is 0.729. The van der Waals surface area contributed by atoms with Gasteiger partial charge in [-0.15, -0.1) is 0 Å². The van der Waals surface area contributed by atoms with Gasteiger partial charge in [-0.25, -0.2) is 9.18 Å². The molecule has 0 aromatic heterocycles. The summed E-state index contributed by atoms with van der Waals surface area (Å²) in [6, 6.07) is 6.76. The first-order chi connectivity index (χ1) is 10.5. The van der Waals surface area contributed by atoms with Crippen LogP contribution in [0.15, 0.2) is 28.7 Å². The van der Waals surface area contributed by atoms with Crippen molar-refractivity contribution in [2.45, 2.75) is 58.1 Å². The van der Waals surface area contributed by atoms with Crippen LogP contribution in [0.4, 0.5) is 9.18 Å². The van der Waals surface area contributed by atoms with E-state index >= 15 is 0 Å². The van der Waals surface area contributed by atoms with Gasteiger partial charge in [-0.05, 0) is 52.3 Å². The molecule has 0 spiro atoms. The molecule has 1 saturated heterocycles. The molecule has 2 atom stereocenters. The molecule has 1 amide bonds. The van der Waals surface area contributed by atoms with Gasteiger partial charge in [0, 0.05) is 4.47 Å². The van der Waals surface area contributed by atoms with Crippen LogP contribution in [0.1, 0.15) is 46.3 Å². The van der Waals surface area contributed by atoms with E-state index < -0.39 is 36.2 Å². The highest BCUT2D eigenvalue weighted by atomic mass is 79.9. The van der Waals surface area contributed by atoms with Crippen molar-refractivity contribution in [3.63, 3.8) is 0 Å². The fraction of sp³-hybridized carbons (Fsp3) is 0.588. The Balaban J connectivity index is 2.32. The molecular formula is C17H23BrFNO3. The van der Waals surface area contributed by atoms with Crippen LogP contribution in [0, 0.1) is 0 Å². The number of ether oxygens (including phenoxy) is 2. The first-order valence-electron chi connectivity index (χ1n) is 7.57. The second-order valence-electron chi connectivity index (χ2n) is 7.11. The lowest BCUT2D eigenvalue weighted by Crippen LogP contribution is -2.50. The van der Waals surface area contributed by atoms with Crippen LogP contribution >= 0.6 is 15.9 Å². The number of rotatable bonds is 2. The normalized spacial score (nSPS) is 23.9. The van der Waals surface area contributed by atoms with Gasteiger partial charge in [0.05, 0.1) is 6.04 Å². The van der Waals surface area contributed by atoms with E-state index in [0.29, 0.717) is 0 Å². The molecule has 0 aliphatic carbocycles. The van der Waals surface area contributed by atoms with Gasteiger partial charge in [-0.2, -0.15) is 0 Å². The zero-order valence-corrected chi connectivity index (χ0v) is 15.7. The molecule has 1 aromatic rings. The lowest BCUT2D eigenvalue weighted by atomic mass is 10.0. The summed E-state index contributed by atoms with van der Waals surface area (Å²) in [5.74, 6) is 0. The molecule has 23 heavy (non-hydrogen) atoms. The van der Waals surface area contributed by atoms with Gasteiger partial charge in [-0.3, -0.25) is 4.90 Å². The number of halogens is 2. The highest BCUT2D eigenvalue weighted by Crippen LogP contribution is 2.42. The van der Waals surface area contributed by atoms with Crippen LogP contribution in [0.2, 0.25) is 0 Å². The number of benzene rings is 1. The number of alkyl halides is 1. The summed E-state index contributed by atoms with van der Waals surface area (Å²) < 4.78 is 26.1. The minimum atomic E-state index is -0.948. The molecule has 0 bridgehead atoms. The van der Waals surface area contributed by atoms with Gasteiger partial charge in [0.25, 0.3) is 0 Å². The van der Waals surface area contributed by atoms with E-state index in [4.69, 9.17) is 9.47 Å². The summed E-state index contributed by atoms with van der Waals surface area (Å²) in [5, 5.41) is 0. The Morgan fingerprint density at radius 2 is 1.91 bits per heavy atom. The molecule has 0 saturated carbocycles. The number of carbonyl (C=O) groups is 1. The van der Waals surface area contributed by atoms with Crippen LogP contribution in [0.3, 0.4) is 0 Å². The molecule has 1 aromatic carbocycles. The Morgan fingerprint density at radius 3 is 2.39 bits per heavy atom. The fourth-order valence-electron chi connectivity index (χ4n) is 2.74. The van der Waals surface area contributed by atoms with Crippen molar-refractivity contribution in [2.75, 3.05) is 6.67 Å². The van der Waals surface area contributed by atoms with Crippen molar-refractivity contribution in [1.82, 2.24) is 4.90 Å². The topological polar surface area (TPSA) is 38.8 Å². The van der Waals surface area contributed by atoms with Gasteiger partial charge >= 0.3 is 6.09 Å². The van der Waals surface area contributed by atoms with Crippen molar-refractivity contribution < 1.29 is 18.7 Å². The van der Waals surface area contributed by atoms with E-state index in [2.05, 4.69) is 15.9 Å². The number of hydrogen-bond donors (Lipinski definition) is 0. The largest absolute Gasteiger partial charge is 0.444 e. The minimum Gasteiger partial charge on any atom is -0.444 e. The van der Waals surface area contributed by atoms with Crippen molar-refractivity contribution in [2.24, 2.45) is 0 Å². The molecule has 0 unspecified atom stereocenters. The van der Waals surface area contributed by atoms with Crippen molar-refractivity contribution >= 4 is 22.0 Å². The van der Waals surface area contributed by atoms with E-state index in [1.807, 2.05) is 24.3 Å². The predicted octanol–water partition coefficient (Wildman–Crippen LogP) is 4.83. The monoisotopic (exact) mass is 387 g/mol. The Morgan fingerprint density at radius 1 is 1.35 bits per heavy atom. The summed E-state index contributed by atoms with van der Waals surface area (Å²) in [7, 11) is 0. The van der Waals surface area contributed by atoms with Crippen LogP contribution in [0.25, 0.3) is 0 Å². The summed E-state index contributed by atoms with van der Waals surface area (Å²) in [5.41, 5.74) is -0.768. The maximum absolute atomic E-state index is 13.8. The third-order valence-electron chi connectivity index (χ3n) is 3.62. The molecule has 1 heterocycles. The highest BCUT2D eigenvalue weighted by molar-refractivity contribution is 9.10. The smallest absolute Gasteiger partial charge is 0.413 e. The van der Waals surface area contributed by atoms with E-state index in [1.165, 1.54) is 4.90 Å². The number of amides is 1. The minimum absolute atomic E-state index is 0.532. The summed E-state index contributed by atoms with van der Waals surface area (Å²) in [6.45, 7) is 8.14. The average Bonchev–Trinajstić information content (AvgIpc) is 2.68. The van der Waals surface area contributed by atoms with Gasteiger partial charge in [0.1, 0.15) is 24.1 Å². The zero-order chi connectivity index (χ0) is 17.4. The SMILES string of the molecule is CC(C)(C)OC(=O)N1[C@H](CF)[C@@H](c2ccc(Br)cc2)OC1(C)C. The second kappa shape index (κ2) is 6.40. The van der Waals surface area contributed by atoms with Gasteiger partial charge in [0.2, 0.25) is 0 Å². The van der Waals surface area contributed by atoms with E-state index in [0.717, 1.165) is 10.0 Å². The summed E-state index contributed by atoms with van der Waals surface area (Å²) >= 11 is 3.38. The Labute approximate surface area is 145 Å². The number of carbonyl (C=O) groups excluding carboxylic acids is 1. The van der Waals surface area contributed by atoms with Crippen LogP contribution in [-0.4, -0.2) is 35.0 Å². The maximum atomic E-state index is 13.8. The van der Waals surface area contributed by atoms with Crippen LogP contribution in [-0.2, 0) is 9.47 Å². The third kappa shape index (κ3) is 4.04. The van der Waals surface area contributed by atoms with Gasteiger partial charge in [-0.1, -0.05) is 28.1 Å². The lowest BCUT2D eigenvalue weighted by Gasteiger charge is -2.34. The first-order valence-corrected chi connectivity index (χ1v) is 8.36. The Hall–Kier alpha value is -1.14. The second-order valence-corrected chi connectivity index (χ2v) is 8.02. The highest BCUT2D eigenvalue weighted by Gasteiger charge is 2.51. The third-order valence-corrected chi connectivity index (χ3v) is 4.15. The average molecular weight is 388 g/mol. The number of nitrogens with zero attached hydrogens (tertiary/aromatic N) is 1. The molecule has 1 aliphatic heterocycles. The first kappa shape index (κ1) is 18.2. The van der Waals surface area contributed by atoms with E-state index in [9.17, 15) is 9.18 Å². The zero-order valence-electron chi connectivity index (χ0n) is 14.1. The van der Waals surface area contributed by atoms with Crippen LogP contribution in [0.5, 0.6) is 0 Å². The standard InChI is InChI=1S/C17H23BrFNO3/c1-16(2,3)23-15(21)20-13(10-19)14(22-17(20,4)5)11-6-8-12(18)9-7-11/h6-9,13-14H,10H2,1-5H3/t13-,14-/m1/s1. The molecule has 2 rings (SSSR count). The number of hydrogen-bond acceptors (Lipinski definition) is 3. The molecule has 128 valence electrons.